The minimum atomic E-state index is -0.544. The summed E-state index contributed by atoms with van der Waals surface area (Å²) in [6, 6.07) is 2.18. The Labute approximate surface area is 128 Å². The van der Waals surface area contributed by atoms with Crippen LogP contribution < -0.4 is 4.74 Å². The maximum Gasteiger partial charge on any atom is 0.414 e. The lowest BCUT2D eigenvalue weighted by molar-refractivity contribution is -0.389. The molecule has 0 unspecified atom stereocenters. The fourth-order valence-electron chi connectivity index (χ4n) is 2.01. The van der Waals surface area contributed by atoms with Crippen molar-refractivity contribution in [1.29, 1.82) is 0 Å². The number of pyridine rings is 1. The number of fused-ring (bicyclic) bond motifs is 1. The second-order valence-corrected chi connectivity index (χ2v) is 5.46. The molecule has 0 saturated carbocycles. The second kappa shape index (κ2) is 5.78. The summed E-state index contributed by atoms with van der Waals surface area (Å²) in [5, 5.41) is 10.7. The highest BCUT2D eigenvalue weighted by Crippen LogP contribution is 2.22. The van der Waals surface area contributed by atoms with Gasteiger partial charge in [0.1, 0.15) is 18.9 Å². The molecule has 0 N–H and O–H groups in total. The first-order valence-corrected chi connectivity index (χ1v) is 6.96. The highest BCUT2D eigenvalue weighted by Gasteiger charge is 2.28. The Morgan fingerprint density at radius 2 is 2.43 bits per heavy atom. The van der Waals surface area contributed by atoms with Crippen molar-refractivity contribution in [2.45, 2.75) is 19.3 Å². The summed E-state index contributed by atoms with van der Waals surface area (Å²) in [5.74, 6) is -0.221. The largest absolute Gasteiger partial charge is 0.443 e. The first-order valence-electron chi connectivity index (χ1n) is 6.17. The van der Waals surface area contributed by atoms with Crippen LogP contribution in [0.2, 0.25) is 0 Å². The summed E-state index contributed by atoms with van der Waals surface area (Å²) < 4.78 is 13.6. The van der Waals surface area contributed by atoms with Gasteiger partial charge in [0, 0.05) is 21.9 Å². The van der Waals surface area contributed by atoms with Gasteiger partial charge in [0.15, 0.2) is 0 Å². The minimum Gasteiger partial charge on any atom is -0.443 e. The Bertz CT molecular complexity index is 675. The van der Waals surface area contributed by atoms with Crippen LogP contribution in [0.4, 0.5) is 5.82 Å². The Balaban J connectivity index is 1.62. The quantitative estimate of drug-likeness (QED) is 0.615. The lowest BCUT2D eigenvalue weighted by Crippen LogP contribution is -2.32. The summed E-state index contributed by atoms with van der Waals surface area (Å²) in [6.07, 6.45) is 4.59. The van der Waals surface area contributed by atoms with Gasteiger partial charge in [-0.05, 0) is 32.5 Å². The normalized spacial score (nSPS) is 17.1. The second-order valence-electron chi connectivity index (χ2n) is 4.55. The summed E-state index contributed by atoms with van der Waals surface area (Å²) in [4.78, 5) is 18.0. The highest BCUT2D eigenvalue weighted by atomic mass is 79.9. The van der Waals surface area contributed by atoms with Crippen LogP contribution >= 0.6 is 15.9 Å². The van der Waals surface area contributed by atoms with Gasteiger partial charge < -0.3 is 19.6 Å². The van der Waals surface area contributed by atoms with Crippen LogP contribution in [0.5, 0.6) is 6.01 Å². The molecule has 21 heavy (non-hydrogen) atoms. The summed E-state index contributed by atoms with van der Waals surface area (Å²) in [5.41, 5.74) is 0.937. The summed E-state index contributed by atoms with van der Waals surface area (Å²) in [7, 11) is 0. The van der Waals surface area contributed by atoms with E-state index in [0.29, 0.717) is 19.8 Å². The average molecular weight is 355 g/mol. The number of hydrogen-bond acceptors (Lipinski definition) is 6. The molecule has 3 rings (SSSR count). The van der Waals surface area contributed by atoms with Gasteiger partial charge in [-0.25, -0.2) is 0 Å². The van der Waals surface area contributed by atoms with Crippen LogP contribution in [0.3, 0.4) is 0 Å². The van der Waals surface area contributed by atoms with Crippen LogP contribution in [0.1, 0.15) is 5.56 Å². The van der Waals surface area contributed by atoms with Crippen molar-refractivity contribution in [2.24, 2.45) is 0 Å². The molecular weight excluding hydrogens is 344 g/mol. The topological polar surface area (TPSA) is 92.3 Å². The monoisotopic (exact) mass is 354 g/mol. The maximum absolute atomic E-state index is 10.7. The molecule has 3 heterocycles. The van der Waals surface area contributed by atoms with Gasteiger partial charge >= 0.3 is 11.8 Å². The van der Waals surface area contributed by atoms with E-state index in [4.69, 9.17) is 9.47 Å². The van der Waals surface area contributed by atoms with E-state index in [9.17, 15) is 10.1 Å². The van der Waals surface area contributed by atoms with Crippen LogP contribution in [0.25, 0.3) is 0 Å². The number of nitro groups is 1. The van der Waals surface area contributed by atoms with E-state index in [1.165, 1.54) is 6.20 Å². The lowest BCUT2D eigenvalue weighted by atomic mass is 10.3. The van der Waals surface area contributed by atoms with Gasteiger partial charge in [0.25, 0.3) is 0 Å². The number of nitrogens with zero attached hydrogens (tertiary/aromatic N) is 4. The van der Waals surface area contributed by atoms with Gasteiger partial charge in [-0.2, -0.15) is 0 Å². The number of ether oxygens (including phenoxy) is 2. The summed E-state index contributed by atoms with van der Waals surface area (Å²) in [6.45, 7) is 1.18. The van der Waals surface area contributed by atoms with Crippen molar-refractivity contribution in [2.75, 3.05) is 6.61 Å². The van der Waals surface area contributed by atoms with Gasteiger partial charge in [-0.1, -0.05) is 0 Å². The van der Waals surface area contributed by atoms with E-state index in [1.54, 1.807) is 17.0 Å². The Morgan fingerprint density at radius 3 is 3.19 bits per heavy atom. The molecule has 0 aromatic carbocycles. The number of hydrogen-bond donors (Lipinski definition) is 0. The molecule has 9 heteroatoms. The Kier molecular flexibility index (Phi) is 3.84. The van der Waals surface area contributed by atoms with Crippen LogP contribution in [-0.2, 0) is 17.9 Å². The van der Waals surface area contributed by atoms with E-state index in [1.807, 2.05) is 6.07 Å². The first kappa shape index (κ1) is 14.0. The number of halogens is 1. The Hall–Kier alpha value is -2.00. The highest BCUT2D eigenvalue weighted by molar-refractivity contribution is 9.10. The van der Waals surface area contributed by atoms with Crippen molar-refractivity contribution in [1.82, 2.24) is 14.5 Å². The van der Waals surface area contributed by atoms with Gasteiger partial charge in [-0.3, -0.25) is 9.55 Å². The van der Waals surface area contributed by atoms with Crippen LogP contribution in [0, 0.1) is 10.1 Å². The number of imidazole rings is 1. The van der Waals surface area contributed by atoms with E-state index in [-0.39, 0.29) is 17.9 Å². The molecule has 1 aliphatic heterocycles. The third kappa shape index (κ3) is 3.19. The molecule has 0 amide bonds. The van der Waals surface area contributed by atoms with Gasteiger partial charge in [-0.15, -0.1) is 0 Å². The predicted octanol–water partition coefficient (Wildman–Crippen LogP) is 1.93. The molecule has 0 bridgehead atoms. The molecule has 0 aliphatic carbocycles. The van der Waals surface area contributed by atoms with Crippen LogP contribution in [0.15, 0.2) is 29.1 Å². The molecule has 0 spiro atoms. The Morgan fingerprint density at radius 1 is 1.57 bits per heavy atom. The fourth-order valence-corrected chi connectivity index (χ4v) is 2.42. The predicted molar refractivity (Wildman–Crippen MR) is 74.9 cm³/mol. The van der Waals surface area contributed by atoms with Crippen molar-refractivity contribution < 1.29 is 14.4 Å². The molecule has 1 atom stereocenters. The number of rotatable bonds is 4. The average Bonchev–Trinajstić information content (AvgIpc) is 2.88. The molecule has 0 fully saturated rings. The van der Waals surface area contributed by atoms with E-state index < -0.39 is 4.92 Å². The molecule has 2 aromatic heterocycles. The van der Waals surface area contributed by atoms with Gasteiger partial charge in [0.05, 0.1) is 13.2 Å². The van der Waals surface area contributed by atoms with E-state index in [2.05, 4.69) is 25.9 Å². The molecule has 8 nitrogen and oxygen atoms in total. The maximum atomic E-state index is 10.7. The summed E-state index contributed by atoms with van der Waals surface area (Å²) >= 11 is 3.35. The molecular formula is C12H11BrN4O4. The zero-order chi connectivity index (χ0) is 14.8. The zero-order valence-electron chi connectivity index (χ0n) is 10.8. The molecule has 2 aromatic rings. The third-order valence-electron chi connectivity index (χ3n) is 2.96. The van der Waals surface area contributed by atoms with Crippen molar-refractivity contribution in [3.8, 4) is 6.01 Å². The smallest absolute Gasteiger partial charge is 0.414 e. The molecule has 0 saturated heterocycles. The minimum absolute atomic E-state index is 0.190. The van der Waals surface area contributed by atoms with E-state index >= 15 is 0 Å². The van der Waals surface area contributed by atoms with Gasteiger partial charge in [0.2, 0.25) is 0 Å². The SMILES string of the molecule is O=[N+]([O-])c1cn2c(n1)OC[C@@H](OCc1cncc(Br)c1)C2. The fraction of sp³-hybridized carbons (Fsp3) is 0.333. The number of aromatic nitrogens is 3. The van der Waals surface area contributed by atoms with Crippen molar-refractivity contribution in [3.05, 3.63) is 44.8 Å². The molecule has 1 aliphatic rings. The molecule has 110 valence electrons. The third-order valence-corrected chi connectivity index (χ3v) is 3.39. The first-order chi connectivity index (χ1) is 10.1. The van der Waals surface area contributed by atoms with Crippen molar-refractivity contribution >= 4 is 21.7 Å². The van der Waals surface area contributed by atoms with Crippen LogP contribution in [-0.4, -0.2) is 32.2 Å². The van der Waals surface area contributed by atoms with E-state index in [0.717, 1.165) is 10.0 Å². The zero-order valence-corrected chi connectivity index (χ0v) is 12.4. The lowest BCUT2D eigenvalue weighted by Gasteiger charge is -2.22. The van der Waals surface area contributed by atoms with Crippen molar-refractivity contribution in [3.63, 3.8) is 0 Å². The molecule has 0 radical (unpaired) electrons. The standard InChI is InChI=1S/C12H11BrN4O4/c13-9-1-8(2-14-3-9)6-20-10-4-16-5-11(17(18)19)15-12(16)21-7-10/h1-3,5,10H,4,6-7H2/t10-/m0/s1.